The summed E-state index contributed by atoms with van der Waals surface area (Å²) in [7, 11) is 2.55. The Kier molecular flexibility index (Phi) is 4.35. The number of fused-ring (bicyclic) bond motifs is 3. The van der Waals surface area contributed by atoms with Crippen LogP contribution in [0, 0.1) is 0 Å². The van der Waals surface area contributed by atoms with Crippen LogP contribution in [0.2, 0.25) is 0 Å². The molecule has 0 radical (unpaired) electrons. The average Bonchev–Trinajstić information content (AvgIpc) is 3.14. The topological polar surface area (TPSA) is 92.0 Å². The van der Waals surface area contributed by atoms with Crippen molar-refractivity contribution in [3.05, 3.63) is 75.6 Å². The maximum absolute atomic E-state index is 12.7. The van der Waals surface area contributed by atoms with Gasteiger partial charge in [0.05, 0.1) is 36.7 Å². The van der Waals surface area contributed by atoms with Gasteiger partial charge in [0.15, 0.2) is 0 Å². The second-order valence-electron chi connectivity index (χ2n) is 6.28. The molecule has 0 fully saturated rings. The van der Waals surface area contributed by atoms with Crippen molar-refractivity contribution in [3.63, 3.8) is 0 Å². The lowest BCUT2D eigenvalue weighted by Gasteiger charge is -2.17. The Balaban J connectivity index is 1.90. The lowest BCUT2D eigenvalue weighted by molar-refractivity contribution is -0.148. The molecule has 0 bridgehead atoms. The van der Waals surface area contributed by atoms with Crippen LogP contribution in [0.3, 0.4) is 0 Å². The van der Waals surface area contributed by atoms with Crippen molar-refractivity contribution in [1.29, 1.82) is 0 Å². The van der Waals surface area contributed by atoms with Gasteiger partial charge in [0.1, 0.15) is 11.3 Å². The van der Waals surface area contributed by atoms with Gasteiger partial charge in [0, 0.05) is 0 Å². The molecule has 142 valence electrons. The van der Waals surface area contributed by atoms with Crippen LogP contribution in [0.25, 0.3) is 11.0 Å². The lowest BCUT2D eigenvalue weighted by atomic mass is 9.88. The summed E-state index contributed by atoms with van der Waals surface area (Å²) >= 11 is 0. The Morgan fingerprint density at radius 3 is 2.36 bits per heavy atom. The van der Waals surface area contributed by atoms with Gasteiger partial charge in [-0.3, -0.25) is 0 Å². The van der Waals surface area contributed by atoms with Crippen molar-refractivity contribution in [1.82, 2.24) is 0 Å². The summed E-state index contributed by atoms with van der Waals surface area (Å²) in [6.45, 7) is 0. The number of carbonyl (C=O) groups excluding carboxylic acids is 2. The minimum Gasteiger partial charge on any atom is -0.476 e. The van der Waals surface area contributed by atoms with E-state index in [2.05, 4.69) is 0 Å². The third kappa shape index (κ3) is 2.72. The molecule has 2 aromatic carbocycles. The molecule has 4 rings (SSSR count). The maximum Gasteiger partial charge on any atom is 0.348 e. The molecule has 28 heavy (non-hydrogen) atoms. The highest BCUT2D eigenvalue weighted by atomic mass is 16.6. The van der Waals surface area contributed by atoms with Gasteiger partial charge in [0.25, 0.3) is 0 Å². The molecule has 1 aliphatic heterocycles. The molecule has 0 aliphatic carbocycles. The maximum atomic E-state index is 12.7. The molecule has 2 atom stereocenters. The van der Waals surface area contributed by atoms with E-state index >= 15 is 0 Å². The third-order valence-corrected chi connectivity index (χ3v) is 4.78. The van der Waals surface area contributed by atoms with Crippen LogP contribution in [0.1, 0.15) is 27.4 Å². The van der Waals surface area contributed by atoms with E-state index in [9.17, 15) is 14.4 Å². The summed E-state index contributed by atoms with van der Waals surface area (Å²) in [5, 5.41) is 0.597. The van der Waals surface area contributed by atoms with Gasteiger partial charge in [-0.15, -0.1) is 0 Å². The number of carbonyl (C=O) groups is 2. The molecule has 0 saturated carbocycles. The van der Waals surface area contributed by atoms with Crippen LogP contribution >= 0.6 is 0 Å². The number of benzene rings is 2. The summed E-state index contributed by atoms with van der Waals surface area (Å²) in [4.78, 5) is 36.8. The molecular weight excluding hydrogens is 364 g/mol. The quantitative estimate of drug-likeness (QED) is 0.509. The number of para-hydroxylation sites is 1. The summed E-state index contributed by atoms with van der Waals surface area (Å²) in [6.07, 6.45) is -1.04. The molecule has 0 N–H and O–H groups in total. The molecule has 3 aromatic rings. The Morgan fingerprint density at radius 2 is 1.68 bits per heavy atom. The number of rotatable bonds is 3. The van der Waals surface area contributed by atoms with Crippen molar-refractivity contribution in [2.45, 2.75) is 12.0 Å². The molecule has 0 amide bonds. The first kappa shape index (κ1) is 17.8. The molecular formula is C21H16O7. The fraction of sp³-hybridized carbons (Fsp3) is 0.190. The van der Waals surface area contributed by atoms with E-state index in [-0.39, 0.29) is 5.56 Å². The lowest BCUT2D eigenvalue weighted by Crippen LogP contribution is -2.31. The Hall–Kier alpha value is -3.61. The second kappa shape index (κ2) is 6.84. The van der Waals surface area contributed by atoms with Crippen molar-refractivity contribution in [3.8, 4) is 5.75 Å². The Labute approximate surface area is 159 Å². The van der Waals surface area contributed by atoms with Gasteiger partial charge in [-0.1, -0.05) is 24.3 Å². The van der Waals surface area contributed by atoms with Gasteiger partial charge in [-0.2, -0.15) is 0 Å². The second-order valence-corrected chi connectivity index (χ2v) is 6.28. The molecule has 0 saturated heterocycles. The van der Waals surface area contributed by atoms with E-state index in [0.717, 1.165) is 0 Å². The highest BCUT2D eigenvalue weighted by Gasteiger charge is 2.44. The van der Waals surface area contributed by atoms with Gasteiger partial charge in [-0.05, 0) is 29.8 Å². The van der Waals surface area contributed by atoms with E-state index < -0.39 is 29.6 Å². The molecule has 0 unspecified atom stereocenters. The van der Waals surface area contributed by atoms with Gasteiger partial charge in [-0.25, -0.2) is 14.4 Å². The van der Waals surface area contributed by atoms with Crippen molar-refractivity contribution in [2.24, 2.45) is 0 Å². The number of hydrogen-bond acceptors (Lipinski definition) is 7. The van der Waals surface area contributed by atoms with E-state index in [1.807, 2.05) is 0 Å². The van der Waals surface area contributed by atoms with E-state index in [0.29, 0.717) is 27.8 Å². The minimum atomic E-state index is -1.04. The monoisotopic (exact) mass is 380 g/mol. The molecule has 2 heterocycles. The number of ether oxygens (including phenoxy) is 3. The smallest absolute Gasteiger partial charge is 0.348 e. The van der Waals surface area contributed by atoms with Crippen molar-refractivity contribution in [2.75, 3.05) is 14.2 Å². The average molecular weight is 380 g/mol. The normalized spacial score (nSPS) is 17.6. The van der Waals surface area contributed by atoms with Gasteiger partial charge < -0.3 is 18.6 Å². The van der Waals surface area contributed by atoms with Crippen LogP contribution in [-0.2, 0) is 14.3 Å². The van der Waals surface area contributed by atoms with Crippen LogP contribution in [0.15, 0.2) is 57.7 Å². The first-order valence-electron chi connectivity index (χ1n) is 8.53. The predicted octanol–water partition coefficient (Wildman–Crippen LogP) is 2.65. The highest BCUT2D eigenvalue weighted by Crippen LogP contribution is 2.44. The molecule has 7 nitrogen and oxygen atoms in total. The van der Waals surface area contributed by atoms with Crippen LogP contribution in [0.4, 0.5) is 0 Å². The Morgan fingerprint density at radius 1 is 0.964 bits per heavy atom. The largest absolute Gasteiger partial charge is 0.476 e. The summed E-state index contributed by atoms with van der Waals surface area (Å²) in [5.74, 6) is -1.51. The first-order chi connectivity index (χ1) is 13.5. The van der Waals surface area contributed by atoms with Gasteiger partial charge >= 0.3 is 17.6 Å². The standard InChI is InChI=1S/C21H16O7/c1-25-19(22)12-9-7-11(8-10-12)15-16-17(28-18(15)21(24)26-2)13-5-3-4-6-14(13)27-20(16)23/h3-10,15,18H,1-2H3/t15-,18-/m1/s1. The van der Waals surface area contributed by atoms with E-state index in [4.69, 9.17) is 18.6 Å². The highest BCUT2D eigenvalue weighted by molar-refractivity contribution is 5.90. The van der Waals surface area contributed by atoms with Crippen LogP contribution < -0.4 is 10.4 Å². The zero-order valence-corrected chi connectivity index (χ0v) is 15.1. The molecule has 1 aliphatic rings. The van der Waals surface area contributed by atoms with Crippen molar-refractivity contribution >= 4 is 22.9 Å². The van der Waals surface area contributed by atoms with E-state index in [1.165, 1.54) is 14.2 Å². The Bertz CT molecular complexity index is 1130. The SMILES string of the molecule is COC(=O)c1ccc([C@@H]2c3c(c4ccccc4oc3=O)O[C@H]2C(=O)OC)cc1. The summed E-state index contributed by atoms with van der Waals surface area (Å²) < 4.78 is 20.9. The number of methoxy groups -OCH3 is 2. The third-order valence-electron chi connectivity index (χ3n) is 4.78. The molecule has 1 aromatic heterocycles. The first-order valence-corrected chi connectivity index (χ1v) is 8.53. The number of esters is 2. The minimum absolute atomic E-state index is 0.250. The summed E-state index contributed by atoms with van der Waals surface area (Å²) in [6, 6.07) is 13.4. The molecule has 0 spiro atoms. The van der Waals surface area contributed by atoms with Crippen molar-refractivity contribution < 1.29 is 28.2 Å². The fourth-order valence-corrected chi connectivity index (χ4v) is 3.46. The number of hydrogen-bond donors (Lipinski definition) is 0. The zero-order chi connectivity index (χ0) is 19.8. The zero-order valence-electron chi connectivity index (χ0n) is 15.1. The predicted molar refractivity (Wildman–Crippen MR) is 98.5 cm³/mol. The van der Waals surface area contributed by atoms with Crippen LogP contribution in [0.5, 0.6) is 5.75 Å². The van der Waals surface area contributed by atoms with E-state index in [1.54, 1.807) is 48.5 Å². The van der Waals surface area contributed by atoms with Crippen LogP contribution in [-0.4, -0.2) is 32.3 Å². The molecule has 7 heteroatoms. The summed E-state index contributed by atoms with van der Waals surface area (Å²) in [5.41, 5.74) is 1.01. The van der Waals surface area contributed by atoms with Gasteiger partial charge in [0.2, 0.25) is 6.10 Å². The fourth-order valence-electron chi connectivity index (χ4n) is 3.46.